The van der Waals surface area contributed by atoms with Crippen molar-refractivity contribution in [2.75, 3.05) is 11.9 Å². The molecular weight excluding hydrogens is 170 g/mol. The predicted molar refractivity (Wildman–Crippen MR) is 61.5 cm³/mol. The molecule has 0 radical (unpaired) electrons. The van der Waals surface area contributed by atoms with Gasteiger partial charge >= 0.3 is 0 Å². The summed E-state index contributed by atoms with van der Waals surface area (Å²) in [5, 5.41) is 5.94. The number of fused-ring (bicyclic) bond motifs is 3. The van der Waals surface area contributed by atoms with E-state index in [0.717, 1.165) is 6.54 Å². The molecular formula is C13H11N. The first kappa shape index (κ1) is 7.63. The van der Waals surface area contributed by atoms with E-state index in [1.54, 1.807) is 0 Å². The summed E-state index contributed by atoms with van der Waals surface area (Å²) >= 11 is 0. The lowest BCUT2D eigenvalue weighted by Gasteiger charge is -2.04. The van der Waals surface area contributed by atoms with Gasteiger partial charge in [0.15, 0.2) is 0 Å². The molecule has 2 aromatic rings. The highest BCUT2D eigenvalue weighted by Gasteiger charge is 2.15. The Morgan fingerprint density at radius 3 is 2.86 bits per heavy atom. The second-order valence-electron chi connectivity index (χ2n) is 3.67. The molecule has 0 spiro atoms. The van der Waals surface area contributed by atoms with Crippen molar-refractivity contribution in [3.63, 3.8) is 0 Å². The zero-order valence-corrected chi connectivity index (χ0v) is 7.88. The van der Waals surface area contributed by atoms with Gasteiger partial charge in [-0.2, -0.15) is 0 Å². The fraction of sp³-hybridized carbons (Fsp3) is 0.0769. The summed E-state index contributed by atoms with van der Waals surface area (Å²) in [6.45, 7) is 4.96. The maximum atomic E-state index is 4.08. The molecule has 2 aromatic carbocycles. The average Bonchev–Trinajstić information content (AvgIpc) is 2.61. The normalized spacial score (nSPS) is 14.1. The molecule has 0 aromatic heterocycles. The molecule has 3 rings (SSSR count). The summed E-state index contributed by atoms with van der Waals surface area (Å²) in [5.74, 6) is 0. The maximum absolute atomic E-state index is 4.08. The monoisotopic (exact) mass is 181 g/mol. The van der Waals surface area contributed by atoms with Crippen LogP contribution in [0.3, 0.4) is 0 Å². The van der Waals surface area contributed by atoms with Crippen LogP contribution in [0.2, 0.25) is 0 Å². The average molecular weight is 181 g/mol. The topological polar surface area (TPSA) is 12.0 Å². The third-order valence-corrected chi connectivity index (χ3v) is 2.77. The second kappa shape index (κ2) is 2.61. The van der Waals surface area contributed by atoms with Gasteiger partial charge in [-0.25, -0.2) is 0 Å². The minimum absolute atomic E-state index is 0.878. The number of rotatable bonds is 0. The van der Waals surface area contributed by atoms with Crippen LogP contribution in [0.25, 0.3) is 16.3 Å². The Bertz CT molecular complexity index is 526. The van der Waals surface area contributed by atoms with Gasteiger partial charge in [-0.3, -0.25) is 0 Å². The molecule has 1 aliphatic heterocycles. The number of benzene rings is 2. The zero-order valence-electron chi connectivity index (χ0n) is 7.88. The van der Waals surface area contributed by atoms with Crippen LogP contribution in [0.4, 0.5) is 5.69 Å². The van der Waals surface area contributed by atoms with E-state index in [0.29, 0.717) is 0 Å². The summed E-state index contributed by atoms with van der Waals surface area (Å²) in [5.41, 5.74) is 3.70. The van der Waals surface area contributed by atoms with Crippen molar-refractivity contribution < 1.29 is 0 Å². The molecule has 1 nitrogen and oxygen atoms in total. The molecule has 1 heterocycles. The molecule has 0 bridgehead atoms. The largest absolute Gasteiger partial charge is 0.380 e. The fourth-order valence-corrected chi connectivity index (χ4v) is 2.09. The van der Waals surface area contributed by atoms with Crippen LogP contribution in [-0.2, 0) is 0 Å². The van der Waals surface area contributed by atoms with Crippen LogP contribution in [0.5, 0.6) is 0 Å². The predicted octanol–water partition coefficient (Wildman–Crippen LogP) is 3.28. The van der Waals surface area contributed by atoms with Gasteiger partial charge in [0.2, 0.25) is 0 Å². The van der Waals surface area contributed by atoms with E-state index >= 15 is 0 Å². The number of nitrogens with one attached hydrogen (secondary N) is 1. The lowest BCUT2D eigenvalue weighted by Crippen LogP contribution is -1.89. The Kier molecular flexibility index (Phi) is 1.42. The molecule has 0 aliphatic carbocycles. The first-order valence-electron chi connectivity index (χ1n) is 4.80. The van der Waals surface area contributed by atoms with E-state index in [2.05, 4.69) is 48.3 Å². The van der Waals surface area contributed by atoms with E-state index in [1.165, 1.54) is 27.6 Å². The minimum atomic E-state index is 0.878. The van der Waals surface area contributed by atoms with E-state index in [4.69, 9.17) is 0 Å². The Balaban J connectivity index is 2.47. The fourth-order valence-electron chi connectivity index (χ4n) is 2.09. The van der Waals surface area contributed by atoms with Gasteiger partial charge in [0, 0.05) is 17.8 Å². The van der Waals surface area contributed by atoms with Crippen molar-refractivity contribution in [1.82, 2.24) is 0 Å². The van der Waals surface area contributed by atoms with Gasteiger partial charge in [-0.15, -0.1) is 0 Å². The molecule has 1 N–H and O–H groups in total. The minimum Gasteiger partial charge on any atom is -0.380 e. The smallest absolute Gasteiger partial charge is 0.0426 e. The van der Waals surface area contributed by atoms with Crippen molar-refractivity contribution in [2.24, 2.45) is 0 Å². The maximum Gasteiger partial charge on any atom is 0.0426 e. The summed E-state index contributed by atoms with van der Waals surface area (Å²) in [7, 11) is 0. The lowest BCUT2D eigenvalue weighted by atomic mass is 10.0. The van der Waals surface area contributed by atoms with Crippen molar-refractivity contribution in [3.05, 3.63) is 48.5 Å². The molecule has 68 valence electrons. The van der Waals surface area contributed by atoms with E-state index in [-0.39, 0.29) is 0 Å². The zero-order chi connectivity index (χ0) is 9.54. The van der Waals surface area contributed by atoms with E-state index in [1.807, 2.05) is 0 Å². The highest BCUT2D eigenvalue weighted by Crippen LogP contribution is 2.35. The van der Waals surface area contributed by atoms with Gasteiger partial charge in [0.05, 0.1) is 0 Å². The molecule has 0 fully saturated rings. The Hall–Kier alpha value is -1.76. The molecule has 14 heavy (non-hydrogen) atoms. The van der Waals surface area contributed by atoms with Crippen LogP contribution < -0.4 is 5.32 Å². The van der Waals surface area contributed by atoms with Crippen LogP contribution in [-0.4, -0.2) is 6.54 Å². The summed E-state index contributed by atoms with van der Waals surface area (Å²) in [4.78, 5) is 0. The first-order chi connectivity index (χ1) is 6.86. The molecule has 0 amide bonds. The van der Waals surface area contributed by atoms with E-state index in [9.17, 15) is 0 Å². The quantitative estimate of drug-likeness (QED) is 0.657. The van der Waals surface area contributed by atoms with Gasteiger partial charge in [-0.05, 0) is 22.4 Å². The standard InChI is InChI=1S/C13H11N/c1-9-8-14-12-7-6-10-4-2-3-5-11(10)13(9)12/h2-7,14H,1,8H2. The third-order valence-electron chi connectivity index (χ3n) is 2.77. The molecule has 1 heteroatoms. The molecule has 0 saturated heterocycles. The molecule has 0 atom stereocenters. The molecule has 0 saturated carbocycles. The van der Waals surface area contributed by atoms with Crippen LogP contribution >= 0.6 is 0 Å². The third kappa shape index (κ3) is 0.896. The lowest BCUT2D eigenvalue weighted by molar-refractivity contribution is 1.45. The Morgan fingerprint density at radius 1 is 1.07 bits per heavy atom. The SMILES string of the molecule is C=C1CNc2ccc3ccccc3c21. The van der Waals surface area contributed by atoms with Crippen molar-refractivity contribution >= 4 is 22.0 Å². The van der Waals surface area contributed by atoms with Crippen LogP contribution in [0, 0.1) is 0 Å². The van der Waals surface area contributed by atoms with E-state index < -0.39 is 0 Å². The van der Waals surface area contributed by atoms with Crippen molar-refractivity contribution in [2.45, 2.75) is 0 Å². The summed E-state index contributed by atoms with van der Waals surface area (Å²) < 4.78 is 0. The van der Waals surface area contributed by atoms with Crippen LogP contribution in [0.1, 0.15) is 5.56 Å². The van der Waals surface area contributed by atoms with Gasteiger partial charge in [-0.1, -0.05) is 36.9 Å². The van der Waals surface area contributed by atoms with Gasteiger partial charge < -0.3 is 5.32 Å². The van der Waals surface area contributed by atoms with Crippen molar-refractivity contribution in [1.29, 1.82) is 0 Å². The first-order valence-corrected chi connectivity index (χ1v) is 4.80. The second-order valence-corrected chi connectivity index (χ2v) is 3.67. The number of hydrogen-bond donors (Lipinski definition) is 1. The van der Waals surface area contributed by atoms with Gasteiger partial charge in [0.25, 0.3) is 0 Å². The van der Waals surface area contributed by atoms with Gasteiger partial charge in [0.1, 0.15) is 0 Å². The Morgan fingerprint density at radius 2 is 1.93 bits per heavy atom. The molecule has 1 aliphatic rings. The number of anilines is 1. The highest BCUT2D eigenvalue weighted by molar-refractivity contribution is 6.01. The number of hydrogen-bond acceptors (Lipinski definition) is 1. The summed E-state index contributed by atoms with van der Waals surface area (Å²) in [6, 6.07) is 12.7. The Labute approximate surface area is 83.1 Å². The molecule has 0 unspecified atom stereocenters. The van der Waals surface area contributed by atoms with Crippen LogP contribution in [0.15, 0.2) is 43.0 Å². The highest BCUT2D eigenvalue weighted by atomic mass is 14.9. The van der Waals surface area contributed by atoms with Crippen molar-refractivity contribution in [3.8, 4) is 0 Å². The summed E-state index contributed by atoms with van der Waals surface area (Å²) in [6.07, 6.45) is 0.